The topological polar surface area (TPSA) is 49.4 Å². The lowest BCUT2D eigenvalue weighted by Crippen LogP contribution is -2.36. The van der Waals surface area contributed by atoms with E-state index in [0.717, 1.165) is 4.90 Å². The third-order valence-corrected chi connectivity index (χ3v) is 4.11. The Kier molecular flexibility index (Phi) is 6.58. The number of benzene rings is 1. The Morgan fingerprint density at radius 3 is 2.45 bits per heavy atom. The molecule has 1 aromatic carbocycles. The highest BCUT2D eigenvalue weighted by atomic mass is 32.2. The Hall–Kier alpha value is -1.49. The summed E-state index contributed by atoms with van der Waals surface area (Å²) in [5.41, 5.74) is 1.20. The predicted octanol–water partition coefficient (Wildman–Crippen LogP) is 2.07. The van der Waals surface area contributed by atoms with Gasteiger partial charge in [0, 0.05) is 32.0 Å². The molecule has 1 rings (SSSR count). The molecule has 0 aliphatic carbocycles. The zero-order valence-corrected chi connectivity index (χ0v) is 13.3. The molecule has 0 saturated heterocycles. The van der Waals surface area contributed by atoms with Gasteiger partial charge in [-0.25, -0.2) is 0 Å². The van der Waals surface area contributed by atoms with Gasteiger partial charge in [0.15, 0.2) is 0 Å². The highest BCUT2D eigenvalue weighted by Crippen LogP contribution is 2.24. The maximum absolute atomic E-state index is 12.2. The van der Waals surface area contributed by atoms with E-state index in [2.05, 4.69) is 5.32 Å². The van der Waals surface area contributed by atoms with Gasteiger partial charge in [-0.15, -0.1) is 11.8 Å². The zero-order valence-electron chi connectivity index (χ0n) is 12.5. The van der Waals surface area contributed by atoms with Crippen molar-refractivity contribution >= 4 is 23.6 Å². The Morgan fingerprint density at radius 2 is 1.90 bits per heavy atom. The number of aryl methyl sites for hydroxylation is 1. The molecule has 0 heterocycles. The SMILES string of the molecule is CNC(=O)CCN(C)C(=O)C(C)Sc1ccc(C)cc1. The minimum absolute atomic E-state index is 0.0412. The summed E-state index contributed by atoms with van der Waals surface area (Å²) in [6, 6.07) is 8.12. The quantitative estimate of drug-likeness (QED) is 0.817. The third-order valence-electron chi connectivity index (χ3n) is 3.01. The number of hydrogen-bond acceptors (Lipinski definition) is 3. The lowest BCUT2D eigenvalue weighted by Gasteiger charge is -2.20. The average molecular weight is 294 g/mol. The first-order chi connectivity index (χ1) is 9.43. The van der Waals surface area contributed by atoms with Gasteiger partial charge in [-0.1, -0.05) is 17.7 Å². The van der Waals surface area contributed by atoms with Crippen LogP contribution in [-0.2, 0) is 9.59 Å². The van der Waals surface area contributed by atoms with E-state index in [1.807, 2.05) is 38.1 Å². The number of thioether (sulfide) groups is 1. The van der Waals surface area contributed by atoms with Crippen LogP contribution in [0.25, 0.3) is 0 Å². The van der Waals surface area contributed by atoms with Crippen molar-refractivity contribution in [2.75, 3.05) is 20.6 Å². The lowest BCUT2D eigenvalue weighted by atomic mass is 10.2. The molecule has 0 radical (unpaired) electrons. The monoisotopic (exact) mass is 294 g/mol. The summed E-state index contributed by atoms with van der Waals surface area (Å²) in [5.74, 6) is -0.0111. The third kappa shape index (κ3) is 5.25. The van der Waals surface area contributed by atoms with Gasteiger partial charge < -0.3 is 10.2 Å². The first-order valence-electron chi connectivity index (χ1n) is 6.63. The van der Waals surface area contributed by atoms with E-state index in [9.17, 15) is 9.59 Å². The molecule has 1 aromatic rings. The van der Waals surface area contributed by atoms with Gasteiger partial charge in [-0.3, -0.25) is 9.59 Å². The molecule has 4 nitrogen and oxygen atoms in total. The molecule has 0 aliphatic heterocycles. The van der Waals surface area contributed by atoms with Gasteiger partial charge >= 0.3 is 0 Å². The second kappa shape index (κ2) is 7.94. The highest BCUT2D eigenvalue weighted by molar-refractivity contribution is 8.00. The molecule has 0 bridgehead atoms. The number of carbonyl (C=O) groups excluding carboxylic acids is 2. The molecule has 1 atom stereocenters. The van der Waals surface area contributed by atoms with Crippen LogP contribution in [0, 0.1) is 6.92 Å². The van der Waals surface area contributed by atoms with Crippen molar-refractivity contribution < 1.29 is 9.59 Å². The van der Waals surface area contributed by atoms with E-state index in [0.29, 0.717) is 13.0 Å². The van der Waals surface area contributed by atoms with E-state index >= 15 is 0 Å². The first kappa shape index (κ1) is 16.6. The molecule has 0 aromatic heterocycles. The summed E-state index contributed by atoms with van der Waals surface area (Å²) in [4.78, 5) is 26.1. The summed E-state index contributed by atoms with van der Waals surface area (Å²) in [6.07, 6.45) is 0.334. The molecular weight excluding hydrogens is 272 g/mol. The number of amides is 2. The Labute approximate surface area is 124 Å². The normalized spacial score (nSPS) is 11.8. The van der Waals surface area contributed by atoms with Gasteiger partial charge in [0.2, 0.25) is 11.8 Å². The molecule has 0 saturated carbocycles. The Balaban J connectivity index is 2.49. The summed E-state index contributed by atoms with van der Waals surface area (Å²) in [7, 11) is 3.33. The van der Waals surface area contributed by atoms with Gasteiger partial charge in [-0.05, 0) is 26.0 Å². The zero-order chi connectivity index (χ0) is 15.1. The van der Waals surface area contributed by atoms with Gasteiger partial charge in [0.25, 0.3) is 0 Å². The predicted molar refractivity (Wildman–Crippen MR) is 82.8 cm³/mol. The van der Waals surface area contributed by atoms with Crippen molar-refractivity contribution in [2.24, 2.45) is 0 Å². The average Bonchev–Trinajstić information content (AvgIpc) is 2.45. The van der Waals surface area contributed by atoms with Crippen LogP contribution in [-0.4, -0.2) is 42.6 Å². The smallest absolute Gasteiger partial charge is 0.235 e. The molecular formula is C15H22N2O2S. The van der Waals surface area contributed by atoms with E-state index in [1.165, 1.54) is 17.3 Å². The summed E-state index contributed by atoms with van der Waals surface area (Å²) < 4.78 is 0. The molecule has 0 aliphatic rings. The van der Waals surface area contributed by atoms with Crippen LogP contribution in [0.4, 0.5) is 0 Å². The van der Waals surface area contributed by atoms with Crippen LogP contribution in [0.1, 0.15) is 18.9 Å². The number of hydrogen-bond donors (Lipinski definition) is 1. The number of nitrogens with one attached hydrogen (secondary N) is 1. The van der Waals surface area contributed by atoms with Crippen molar-refractivity contribution in [2.45, 2.75) is 30.4 Å². The Morgan fingerprint density at radius 1 is 1.30 bits per heavy atom. The maximum atomic E-state index is 12.2. The molecule has 20 heavy (non-hydrogen) atoms. The van der Waals surface area contributed by atoms with Crippen molar-refractivity contribution in [3.8, 4) is 0 Å². The van der Waals surface area contributed by atoms with Crippen molar-refractivity contribution in [1.82, 2.24) is 10.2 Å². The van der Waals surface area contributed by atoms with Crippen molar-refractivity contribution in [1.29, 1.82) is 0 Å². The number of carbonyl (C=O) groups is 2. The molecule has 1 unspecified atom stereocenters. The van der Waals surface area contributed by atoms with Crippen LogP contribution in [0.5, 0.6) is 0 Å². The van der Waals surface area contributed by atoms with Gasteiger partial charge in [-0.2, -0.15) is 0 Å². The number of nitrogens with zero attached hydrogens (tertiary/aromatic N) is 1. The molecule has 5 heteroatoms. The second-order valence-corrected chi connectivity index (χ2v) is 6.17. The fourth-order valence-corrected chi connectivity index (χ4v) is 2.67. The van der Waals surface area contributed by atoms with E-state index in [4.69, 9.17) is 0 Å². The lowest BCUT2D eigenvalue weighted by molar-refractivity contribution is -0.129. The Bertz CT molecular complexity index is 459. The maximum Gasteiger partial charge on any atom is 0.235 e. The minimum atomic E-state index is -0.160. The van der Waals surface area contributed by atoms with Crippen molar-refractivity contribution in [3.63, 3.8) is 0 Å². The van der Waals surface area contributed by atoms with Gasteiger partial charge in [0.05, 0.1) is 5.25 Å². The highest BCUT2D eigenvalue weighted by Gasteiger charge is 2.18. The van der Waals surface area contributed by atoms with Crippen LogP contribution < -0.4 is 5.32 Å². The second-order valence-electron chi connectivity index (χ2n) is 4.76. The summed E-state index contributed by atoms with van der Waals surface area (Å²) in [6.45, 7) is 4.37. The van der Waals surface area contributed by atoms with Crippen LogP contribution >= 0.6 is 11.8 Å². The fraction of sp³-hybridized carbons (Fsp3) is 0.467. The van der Waals surface area contributed by atoms with Crippen molar-refractivity contribution in [3.05, 3.63) is 29.8 Å². The first-order valence-corrected chi connectivity index (χ1v) is 7.51. The largest absolute Gasteiger partial charge is 0.359 e. The molecule has 0 spiro atoms. The molecule has 1 N–H and O–H groups in total. The minimum Gasteiger partial charge on any atom is -0.359 e. The molecule has 110 valence electrons. The van der Waals surface area contributed by atoms with Crippen LogP contribution in [0.15, 0.2) is 29.2 Å². The molecule has 2 amide bonds. The summed E-state index contributed by atoms with van der Waals surface area (Å²) in [5, 5.41) is 2.39. The van der Waals surface area contributed by atoms with E-state index in [-0.39, 0.29) is 17.1 Å². The fourth-order valence-electron chi connectivity index (χ4n) is 1.69. The summed E-state index contributed by atoms with van der Waals surface area (Å²) >= 11 is 1.54. The van der Waals surface area contributed by atoms with E-state index < -0.39 is 0 Å². The van der Waals surface area contributed by atoms with Crippen LogP contribution in [0.3, 0.4) is 0 Å². The standard InChI is InChI=1S/C15H22N2O2S/c1-11-5-7-13(8-6-11)20-12(2)15(19)17(4)10-9-14(18)16-3/h5-8,12H,9-10H2,1-4H3,(H,16,18). The van der Waals surface area contributed by atoms with E-state index in [1.54, 1.807) is 19.0 Å². The van der Waals surface area contributed by atoms with Crippen LogP contribution in [0.2, 0.25) is 0 Å². The molecule has 0 fully saturated rings. The van der Waals surface area contributed by atoms with Gasteiger partial charge in [0.1, 0.15) is 0 Å². The number of rotatable bonds is 6.